The number of nitrogens with two attached hydrogens (primary N) is 1. The summed E-state index contributed by atoms with van der Waals surface area (Å²) in [6, 6.07) is 4.01. The third-order valence-electron chi connectivity index (χ3n) is 2.17. The highest BCUT2D eigenvalue weighted by Crippen LogP contribution is 2.21. The minimum absolute atomic E-state index is 0.364. The highest BCUT2D eigenvalue weighted by Gasteiger charge is 2.13. The zero-order valence-corrected chi connectivity index (χ0v) is 9.85. The molecule has 0 amide bonds. The van der Waals surface area contributed by atoms with Crippen molar-refractivity contribution in [1.29, 1.82) is 0 Å². The van der Waals surface area contributed by atoms with E-state index in [4.69, 9.17) is 5.84 Å². The highest BCUT2D eigenvalue weighted by molar-refractivity contribution is 7.86. The molecule has 0 saturated heterocycles. The molecule has 0 spiro atoms. The minimum Gasteiger partial charge on any atom is -0.320 e. The van der Waals surface area contributed by atoms with Crippen LogP contribution in [-0.2, 0) is 17.3 Å². The van der Waals surface area contributed by atoms with E-state index in [9.17, 15) is 12.3 Å². The number of hydrogen-bond acceptors (Lipinski definition) is 5. The lowest BCUT2D eigenvalue weighted by Gasteiger charge is -1.97. The SMILES string of the molecule is Cn1c(=NN)sc2ccc(S(=O)(=O)F)cc21. The van der Waals surface area contributed by atoms with Gasteiger partial charge in [-0.2, -0.15) is 13.5 Å². The molecule has 0 bridgehead atoms. The van der Waals surface area contributed by atoms with Crippen molar-refractivity contribution in [2.45, 2.75) is 4.90 Å². The Kier molecular flexibility index (Phi) is 2.47. The molecule has 16 heavy (non-hydrogen) atoms. The lowest BCUT2D eigenvalue weighted by atomic mass is 10.3. The Labute approximate surface area is 94.8 Å². The summed E-state index contributed by atoms with van der Waals surface area (Å²) >= 11 is 1.30. The van der Waals surface area contributed by atoms with E-state index in [2.05, 4.69) is 5.10 Å². The summed E-state index contributed by atoms with van der Waals surface area (Å²) in [5, 5.41) is 3.54. The molecular weight excluding hydrogens is 253 g/mol. The Hall–Kier alpha value is -1.41. The molecule has 0 aliphatic heterocycles. The van der Waals surface area contributed by atoms with E-state index in [1.54, 1.807) is 11.6 Å². The van der Waals surface area contributed by atoms with Crippen molar-refractivity contribution in [3.05, 3.63) is 23.0 Å². The normalized spacial score (nSPS) is 13.5. The van der Waals surface area contributed by atoms with Gasteiger partial charge < -0.3 is 10.4 Å². The van der Waals surface area contributed by atoms with Crippen molar-refractivity contribution in [1.82, 2.24) is 4.57 Å². The minimum atomic E-state index is -4.68. The summed E-state index contributed by atoms with van der Waals surface area (Å²) in [6.45, 7) is 0. The standard InChI is InChI=1S/C8H8FN3O2S2/c1-12-6-4-5(16(9,13)14)2-3-7(6)15-8(12)11-10/h2-4H,10H2,1H3. The fraction of sp³-hybridized carbons (Fsp3) is 0.125. The maximum Gasteiger partial charge on any atom is 0.332 e. The summed E-state index contributed by atoms with van der Waals surface area (Å²) in [6.07, 6.45) is 0. The molecule has 2 aromatic rings. The lowest BCUT2D eigenvalue weighted by Crippen LogP contribution is -2.12. The summed E-state index contributed by atoms with van der Waals surface area (Å²) in [5.74, 6) is 5.16. The largest absolute Gasteiger partial charge is 0.332 e. The molecular formula is C8H8FN3O2S2. The monoisotopic (exact) mass is 261 g/mol. The van der Waals surface area contributed by atoms with Gasteiger partial charge in [0.2, 0.25) is 4.80 Å². The number of aromatic nitrogens is 1. The average Bonchev–Trinajstić information content (AvgIpc) is 2.54. The maximum absolute atomic E-state index is 12.8. The van der Waals surface area contributed by atoms with Crippen LogP contribution in [0.4, 0.5) is 3.89 Å². The van der Waals surface area contributed by atoms with Crippen LogP contribution in [0, 0.1) is 0 Å². The summed E-state index contributed by atoms with van der Waals surface area (Å²) in [5.41, 5.74) is 0.577. The number of halogens is 1. The van der Waals surface area contributed by atoms with Gasteiger partial charge in [-0.05, 0) is 18.2 Å². The molecule has 0 aliphatic carbocycles. The summed E-state index contributed by atoms with van der Waals surface area (Å²) in [4.78, 5) is 0.167. The first kappa shape index (κ1) is 11.1. The summed E-state index contributed by atoms with van der Waals surface area (Å²) in [7, 11) is -3.00. The number of fused-ring (bicyclic) bond motifs is 1. The van der Waals surface area contributed by atoms with Gasteiger partial charge in [-0.15, -0.1) is 3.89 Å². The van der Waals surface area contributed by atoms with Crippen LogP contribution in [0.15, 0.2) is 28.2 Å². The molecule has 86 valence electrons. The molecule has 0 atom stereocenters. The first-order valence-corrected chi connectivity index (χ1v) is 6.41. The predicted molar refractivity (Wildman–Crippen MR) is 58.8 cm³/mol. The van der Waals surface area contributed by atoms with Gasteiger partial charge in [-0.3, -0.25) is 0 Å². The van der Waals surface area contributed by atoms with Crippen LogP contribution in [0.25, 0.3) is 10.2 Å². The van der Waals surface area contributed by atoms with Crippen LogP contribution in [0.2, 0.25) is 0 Å². The molecule has 0 fully saturated rings. The zero-order chi connectivity index (χ0) is 11.9. The second-order valence-electron chi connectivity index (χ2n) is 3.14. The molecule has 8 heteroatoms. The number of benzene rings is 1. The molecule has 0 aliphatic rings. The lowest BCUT2D eigenvalue weighted by molar-refractivity contribution is 0.552. The van der Waals surface area contributed by atoms with Crippen LogP contribution < -0.4 is 10.6 Å². The quantitative estimate of drug-likeness (QED) is 0.465. The van der Waals surface area contributed by atoms with Crippen LogP contribution in [0.5, 0.6) is 0 Å². The Morgan fingerprint density at radius 2 is 2.19 bits per heavy atom. The number of hydrogen-bond donors (Lipinski definition) is 1. The second-order valence-corrected chi connectivity index (χ2v) is 5.50. The van der Waals surface area contributed by atoms with Gasteiger partial charge in [0, 0.05) is 7.05 Å². The van der Waals surface area contributed by atoms with Crippen molar-refractivity contribution in [3.63, 3.8) is 0 Å². The van der Waals surface area contributed by atoms with Crippen molar-refractivity contribution in [2.24, 2.45) is 18.0 Å². The van der Waals surface area contributed by atoms with Gasteiger partial charge in [0.25, 0.3) is 0 Å². The van der Waals surface area contributed by atoms with Crippen LogP contribution in [0.3, 0.4) is 0 Å². The molecule has 2 N–H and O–H groups in total. The van der Waals surface area contributed by atoms with Gasteiger partial charge in [-0.1, -0.05) is 11.3 Å². The second kappa shape index (κ2) is 3.56. The smallest absolute Gasteiger partial charge is 0.320 e. The molecule has 0 radical (unpaired) electrons. The van der Waals surface area contributed by atoms with E-state index >= 15 is 0 Å². The third kappa shape index (κ3) is 1.69. The molecule has 0 saturated carbocycles. The Bertz CT molecular complexity index is 714. The number of thiazole rings is 1. The van der Waals surface area contributed by atoms with Gasteiger partial charge >= 0.3 is 10.2 Å². The molecule has 1 aromatic heterocycles. The van der Waals surface area contributed by atoms with Crippen molar-refractivity contribution >= 4 is 31.8 Å². The van der Waals surface area contributed by atoms with Crippen molar-refractivity contribution in [3.8, 4) is 0 Å². The molecule has 2 rings (SSSR count). The van der Waals surface area contributed by atoms with E-state index in [1.165, 1.54) is 29.5 Å². The van der Waals surface area contributed by atoms with E-state index in [0.29, 0.717) is 10.3 Å². The van der Waals surface area contributed by atoms with E-state index < -0.39 is 10.2 Å². The van der Waals surface area contributed by atoms with Crippen LogP contribution >= 0.6 is 11.3 Å². The van der Waals surface area contributed by atoms with Gasteiger partial charge in [0.05, 0.1) is 10.2 Å². The molecule has 5 nitrogen and oxygen atoms in total. The first-order valence-electron chi connectivity index (χ1n) is 4.21. The summed E-state index contributed by atoms with van der Waals surface area (Å²) < 4.78 is 36.7. The molecule has 1 aromatic carbocycles. The number of aryl methyl sites for hydroxylation is 1. The number of nitrogens with zero attached hydrogens (tertiary/aromatic N) is 2. The van der Waals surface area contributed by atoms with E-state index in [-0.39, 0.29) is 4.90 Å². The number of rotatable bonds is 1. The zero-order valence-electron chi connectivity index (χ0n) is 8.21. The van der Waals surface area contributed by atoms with Crippen LogP contribution in [-0.4, -0.2) is 13.0 Å². The maximum atomic E-state index is 12.8. The van der Waals surface area contributed by atoms with E-state index in [0.717, 1.165) is 4.70 Å². The molecule has 1 heterocycles. The van der Waals surface area contributed by atoms with Crippen molar-refractivity contribution in [2.75, 3.05) is 0 Å². The van der Waals surface area contributed by atoms with Crippen LogP contribution in [0.1, 0.15) is 0 Å². The fourth-order valence-electron chi connectivity index (χ4n) is 1.38. The predicted octanol–water partition coefficient (Wildman–Crippen LogP) is 0.672. The highest BCUT2D eigenvalue weighted by atomic mass is 32.3. The Morgan fingerprint density at radius 3 is 2.75 bits per heavy atom. The van der Waals surface area contributed by atoms with Crippen molar-refractivity contribution < 1.29 is 12.3 Å². The van der Waals surface area contributed by atoms with Gasteiger partial charge in [-0.25, -0.2) is 0 Å². The van der Waals surface area contributed by atoms with Gasteiger partial charge in [0.15, 0.2) is 0 Å². The first-order chi connectivity index (χ1) is 7.43. The Balaban J connectivity index is 2.86. The van der Waals surface area contributed by atoms with Gasteiger partial charge in [0.1, 0.15) is 4.90 Å². The fourth-order valence-corrected chi connectivity index (χ4v) is 2.78. The topological polar surface area (TPSA) is 77.5 Å². The average molecular weight is 261 g/mol. The molecule has 0 unspecified atom stereocenters. The Morgan fingerprint density at radius 1 is 1.50 bits per heavy atom. The third-order valence-corrected chi connectivity index (χ3v) is 4.12. The van der Waals surface area contributed by atoms with E-state index in [1.807, 2.05) is 0 Å².